The van der Waals surface area contributed by atoms with Crippen LogP contribution in [0.3, 0.4) is 0 Å². The third kappa shape index (κ3) is 3.20. The number of nitrogens with two attached hydrogens (primary N) is 1. The molecule has 1 heterocycles. The fourth-order valence-electron chi connectivity index (χ4n) is 3.59. The van der Waals surface area contributed by atoms with Crippen molar-refractivity contribution in [2.24, 2.45) is 5.73 Å². The van der Waals surface area contributed by atoms with Crippen LogP contribution < -0.4 is 10.6 Å². The third-order valence-electron chi connectivity index (χ3n) is 5.11. The number of likely N-dealkylation sites (N-methyl/N-ethyl adjacent to an activating group) is 1. The predicted octanol–water partition coefficient (Wildman–Crippen LogP) is 3.21. The van der Waals surface area contributed by atoms with Crippen LogP contribution in [0.2, 0.25) is 5.02 Å². The van der Waals surface area contributed by atoms with Crippen molar-refractivity contribution in [3.8, 4) is 0 Å². The molecular formula is C17H26ClN3. The number of halogens is 1. The van der Waals surface area contributed by atoms with Gasteiger partial charge in [0.05, 0.1) is 10.7 Å². The van der Waals surface area contributed by atoms with Gasteiger partial charge in [-0.3, -0.25) is 0 Å². The first-order valence-electron chi connectivity index (χ1n) is 8.11. The molecule has 1 aromatic carbocycles. The van der Waals surface area contributed by atoms with Crippen LogP contribution in [-0.4, -0.2) is 38.1 Å². The predicted molar refractivity (Wildman–Crippen MR) is 90.1 cm³/mol. The molecule has 0 aromatic heterocycles. The molecule has 3 rings (SSSR count). The molecule has 1 aliphatic carbocycles. The van der Waals surface area contributed by atoms with Gasteiger partial charge in [-0.05, 0) is 37.6 Å². The largest absolute Gasteiger partial charge is 0.368 e. The minimum absolute atomic E-state index is 0.164. The molecule has 116 valence electrons. The van der Waals surface area contributed by atoms with Crippen molar-refractivity contribution in [2.75, 3.05) is 38.1 Å². The highest BCUT2D eigenvalue weighted by molar-refractivity contribution is 6.33. The number of hydrogen-bond donors (Lipinski definition) is 1. The van der Waals surface area contributed by atoms with Crippen LogP contribution in [0.25, 0.3) is 0 Å². The lowest BCUT2D eigenvalue weighted by Crippen LogP contribution is -2.44. The van der Waals surface area contributed by atoms with Gasteiger partial charge in [-0.25, -0.2) is 0 Å². The van der Waals surface area contributed by atoms with Crippen LogP contribution in [0.5, 0.6) is 0 Å². The number of nitrogens with zero attached hydrogens (tertiary/aromatic N) is 2. The van der Waals surface area contributed by atoms with E-state index in [1.165, 1.54) is 24.8 Å². The van der Waals surface area contributed by atoms with Gasteiger partial charge in [0.25, 0.3) is 0 Å². The van der Waals surface area contributed by atoms with Crippen LogP contribution in [0, 0.1) is 0 Å². The summed E-state index contributed by atoms with van der Waals surface area (Å²) in [6.07, 6.45) is 5.93. The fraction of sp³-hybridized carbons (Fsp3) is 0.647. The summed E-state index contributed by atoms with van der Waals surface area (Å²) in [4.78, 5) is 4.74. The van der Waals surface area contributed by atoms with Gasteiger partial charge in [-0.15, -0.1) is 0 Å². The van der Waals surface area contributed by atoms with Crippen LogP contribution in [0.1, 0.15) is 37.7 Å². The Hall–Kier alpha value is -0.770. The number of benzene rings is 1. The lowest BCUT2D eigenvalue weighted by atomic mass is 9.77. The van der Waals surface area contributed by atoms with E-state index in [2.05, 4.69) is 35.0 Å². The van der Waals surface area contributed by atoms with E-state index in [1.807, 2.05) is 0 Å². The summed E-state index contributed by atoms with van der Waals surface area (Å²) in [6.45, 7) is 4.28. The summed E-state index contributed by atoms with van der Waals surface area (Å²) in [5, 5.41) is 0.854. The minimum Gasteiger partial charge on any atom is -0.368 e. The van der Waals surface area contributed by atoms with E-state index in [-0.39, 0.29) is 5.54 Å². The highest BCUT2D eigenvalue weighted by Gasteiger charge is 2.30. The minimum atomic E-state index is -0.164. The molecule has 1 saturated heterocycles. The van der Waals surface area contributed by atoms with Crippen LogP contribution in [-0.2, 0) is 5.54 Å². The summed E-state index contributed by atoms with van der Waals surface area (Å²) in [6, 6.07) is 6.48. The zero-order valence-electron chi connectivity index (χ0n) is 12.9. The molecule has 21 heavy (non-hydrogen) atoms. The molecular weight excluding hydrogens is 282 g/mol. The Labute approximate surface area is 133 Å². The monoisotopic (exact) mass is 307 g/mol. The fourth-order valence-corrected chi connectivity index (χ4v) is 3.89. The van der Waals surface area contributed by atoms with Gasteiger partial charge in [0.15, 0.2) is 0 Å². The van der Waals surface area contributed by atoms with Crippen molar-refractivity contribution in [2.45, 2.75) is 37.6 Å². The standard InChI is InChI=1S/C17H26ClN3/c1-20-9-11-21(12-10-20)16-6-5-14(13-15(16)18)17(19)7-3-2-4-8-17/h5-6,13H,2-4,7-12,19H2,1H3. The van der Waals surface area contributed by atoms with Gasteiger partial charge < -0.3 is 15.5 Å². The average Bonchev–Trinajstić information content (AvgIpc) is 2.49. The van der Waals surface area contributed by atoms with Crippen molar-refractivity contribution in [1.29, 1.82) is 0 Å². The lowest BCUT2D eigenvalue weighted by molar-refractivity contribution is 0.302. The number of rotatable bonds is 2. The molecule has 0 spiro atoms. The SMILES string of the molecule is CN1CCN(c2ccc(C3(N)CCCCC3)cc2Cl)CC1. The maximum Gasteiger partial charge on any atom is 0.0643 e. The highest BCUT2D eigenvalue weighted by atomic mass is 35.5. The van der Waals surface area contributed by atoms with Gasteiger partial charge in [0, 0.05) is 31.7 Å². The van der Waals surface area contributed by atoms with Gasteiger partial charge >= 0.3 is 0 Å². The van der Waals surface area contributed by atoms with E-state index >= 15 is 0 Å². The van der Waals surface area contributed by atoms with Crippen LogP contribution in [0.15, 0.2) is 18.2 Å². The highest BCUT2D eigenvalue weighted by Crippen LogP contribution is 2.38. The van der Waals surface area contributed by atoms with Crippen molar-refractivity contribution < 1.29 is 0 Å². The second-order valence-corrected chi connectivity index (χ2v) is 7.08. The first-order valence-corrected chi connectivity index (χ1v) is 8.49. The first kappa shape index (κ1) is 15.1. The Morgan fingerprint density at radius 1 is 1.05 bits per heavy atom. The zero-order valence-corrected chi connectivity index (χ0v) is 13.7. The molecule has 0 radical (unpaired) electrons. The summed E-state index contributed by atoms with van der Waals surface area (Å²) < 4.78 is 0. The molecule has 4 heteroatoms. The molecule has 3 nitrogen and oxygen atoms in total. The summed E-state index contributed by atoms with van der Waals surface area (Å²) in [5.74, 6) is 0. The van der Waals surface area contributed by atoms with Crippen LogP contribution in [0.4, 0.5) is 5.69 Å². The Kier molecular flexibility index (Phi) is 4.43. The summed E-state index contributed by atoms with van der Waals surface area (Å²) in [5.41, 5.74) is 8.83. The number of piperazine rings is 1. The summed E-state index contributed by atoms with van der Waals surface area (Å²) in [7, 11) is 2.17. The molecule has 0 unspecified atom stereocenters. The van der Waals surface area contributed by atoms with E-state index in [9.17, 15) is 0 Å². The molecule has 2 fully saturated rings. The normalized spacial score (nSPS) is 23.3. The molecule has 2 N–H and O–H groups in total. The second-order valence-electron chi connectivity index (χ2n) is 6.67. The quantitative estimate of drug-likeness (QED) is 0.910. The Morgan fingerprint density at radius 2 is 1.71 bits per heavy atom. The van der Waals surface area contributed by atoms with E-state index in [4.69, 9.17) is 17.3 Å². The Balaban J connectivity index is 1.79. The van der Waals surface area contributed by atoms with E-state index < -0.39 is 0 Å². The molecule has 0 amide bonds. The van der Waals surface area contributed by atoms with E-state index in [1.54, 1.807) is 0 Å². The number of anilines is 1. The maximum absolute atomic E-state index is 6.62. The smallest absolute Gasteiger partial charge is 0.0643 e. The maximum atomic E-state index is 6.62. The Morgan fingerprint density at radius 3 is 2.33 bits per heavy atom. The molecule has 1 aromatic rings. The zero-order chi connectivity index (χ0) is 14.9. The average molecular weight is 308 g/mol. The Bertz CT molecular complexity index is 489. The molecule has 1 saturated carbocycles. The molecule has 0 bridgehead atoms. The number of hydrogen-bond acceptors (Lipinski definition) is 3. The topological polar surface area (TPSA) is 32.5 Å². The van der Waals surface area contributed by atoms with Crippen molar-refractivity contribution in [1.82, 2.24) is 4.90 Å². The van der Waals surface area contributed by atoms with E-state index in [0.717, 1.165) is 49.7 Å². The molecule has 0 atom stereocenters. The first-order chi connectivity index (χ1) is 10.1. The van der Waals surface area contributed by atoms with Gasteiger partial charge in [-0.2, -0.15) is 0 Å². The van der Waals surface area contributed by atoms with Crippen LogP contribution >= 0.6 is 11.6 Å². The van der Waals surface area contributed by atoms with Crippen molar-refractivity contribution >= 4 is 17.3 Å². The third-order valence-corrected chi connectivity index (χ3v) is 5.42. The summed E-state index contributed by atoms with van der Waals surface area (Å²) >= 11 is 6.57. The van der Waals surface area contributed by atoms with Gasteiger partial charge in [0.1, 0.15) is 0 Å². The lowest BCUT2D eigenvalue weighted by Gasteiger charge is -2.36. The second kappa shape index (κ2) is 6.15. The molecule has 1 aliphatic heterocycles. The van der Waals surface area contributed by atoms with E-state index in [0.29, 0.717) is 0 Å². The van der Waals surface area contributed by atoms with Crippen molar-refractivity contribution in [3.63, 3.8) is 0 Å². The van der Waals surface area contributed by atoms with Crippen molar-refractivity contribution in [3.05, 3.63) is 28.8 Å². The van der Waals surface area contributed by atoms with Gasteiger partial charge in [0.2, 0.25) is 0 Å². The van der Waals surface area contributed by atoms with Gasteiger partial charge in [-0.1, -0.05) is 36.9 Å². The molecule has 2 aliphatic rings.